The molecular weight excluding hydrogens is 204 g/mol. The topological polar surface area (TPSA) is 76.1 Å². The van der Waals surface area contributed by atoms with Gasteiger partial charge in [-0.1, -0.05) is 6.42 Å². The number of halogens is 1. The van der Waals surface area contributed by atoms with Crippen molar-refractivity contribution in [1.29, 1.82) is 5.26 Å². The van der Waals surface area contributed by atoms with Crippen LogP contribution in [0.1, 0.15) is 26.2 Å². The Bertz CT molecular complexity index is 192. The molecule has 2 N–H and O–H groups in total. The van der Waals surface area contributed by atoms with Gasteiger partial charge in [0.15, 0.2) is 0 Å². The van der Waals surface area contributed by atoms with Crippen LogP contribution < -0.4 is 5.73 Å². The summed E-state index contributed by atoms with van der Waals surface area (Å²) in [4.78, 5) is 11.1. The van der Waals surface area contributed by atoms with E-state index in [9.17, 15) is 4.79 Å². The van der Waals surface area contributed by atoms with E-state index in [-0.39, 0.29) is 12.4 Å². The molecule has 0 rings (SSSR count). The van der Waals surface area contributed by atoms with E-state index in [0.29, 0.717) is 19.6 Å². The van der Waals surface area contributed by atoms with Crippen LogP contribution in [0.4, 0.5) is 0 Å². The molecule has 0 radical (unpaired) electrons. The summed E-state index contributed by atoms with van der Waals surface area (Å²) in [7, 11) is 0. The minimum absolute atomic E-state index is 0. The van der Waals surface area contributed by atoms with Gasteiger partial charge in [-0.15, -0.1) is 12.4 Å². The number of carbonyl (C=O) groups excluding carboxylic acids is 1. The number of unbranched alkanes of at least 4 members (excludes halogenated alkanes) is 1. The van der Waals surface area contributed by atoms with Crippen LogP contribution >= 0.6 is 12.4 Å². The first-order chi connectivity index (χ1) is 6.26. The van der Waals surface area contributed by atoms with Gasteiger partial charge in [0, 0.05) is 0 Å². The number of rotatable bonds is 6. The SMILES string of the molecule is CCOC(=O)C(C#N)CCCCN.Cl. The molecule has 0 spiro atoms. The number of ether oxygens (including phenoxy) is 1. The Balaban J connectivity index is 0. The van der Waals surface area contributed by atoms with Gasteiger partial charge in [0.05, 0.1) is 12.7 Å². The van der Waals surface area contributed by atoms with Gasteiger partial charge < -0.3 is 10.5 Å². The molecule has 0 aliphatic rings. The minimum atomic E-state index is -0.619. The maximum Gasteiger partial charge on any atom is 0.323 e. The number of hydrogen-bond donors (Lipinski definition) is 1. The Morgan fingerprint density at radius 1 is 1.57 bits per heavy atom. The second-order valence-corrected chi connectivity index (χ2v) is 2.72. The van der Waals surface area contributed by atoms with Crippen molar-refractivity contribution in [3.05, 3.63) is 0 Å². The van der Waals surface area contributed by atoms with Gasteiger partial charge in [-0.2, -0.15) is 5.26 Å². The van der Waals surface area contributed by atoms with Crippen molar-refractivity contribution in [3.63, 3.8) is 0 Å². The molecule has 0 saturated heterocycles. The molecule has 0 aliphatic carbocycles. The molecular formula is C9H17ClN2O2. The first-order valence-electron chi connectivity index (χ1n) is 4.52. The fraction of sp³-hybridized carbons (Fsp3) is 0.778. The van der Waals surface area contributed by atoms with Crippen molar-refractivity contribution in [3.8, 4) is 6.07 Å². The molecule has 0 aromatic heterocycles. The first-order valence-corrected chi connectivity index (χ1v) is 4.52. The van der Waals surface area contributed by atoms with Crippen LogP contribution in [0.25, 0.3) is 0 Å². The Hall–Kier alpha value is -0.790. The van der Waals surface area contributed by atoms with Crippen LogP contribution in [0.15, 0.2) is 0 Å². The monoisotopic (exact) mass is 220 g/mol. The van der Waals surface area contributed by atoms with Crippen LogP contribution in [0.3, 0.4) is 0 Å². The van der Waals surface area contributed by atoms with Gasteiger partial charge in [-0.25, -0.2) is 0 Å². The largest absolute Gasteiger partial charge is 0.465 e. The van der Waals surface area contributed by atoms with Crippen molar-refractivity contribution in [1.82, 2.24) is 0 Å². The highest BCUT2D eigenvalue weighted by Crippen LogP contribution is 2.08. The smallest absolute Gasteiger partial charge is 0.323 e. The number of carbonyl (C=O) groups is 1. The molecule has 0 saturated carbocycles. The van der Waals surface area contributed by atoms with Crippen LogP contribution in [0.2, 0.25) is 0 Å². The number of esters is 1. The Kier molecular flexibility index (Phi) is 11.5. The van der Waals surface area contributed by atoms with Crippen LogP contribution in [-0.2, 0) is 9.53 Å². The molecule has 0 bridgehead atoms. The van der Waals surface area contributed by atoms with Gasteiger partial charge in [-0.05, 0) is 26.3 Å². The molecule has 0 aromatic rings. The maximum absolute atomic E-state index is 11.1. The Labute approximate surface area is 90.8 Å². The third-order valence-electron chi connectivity index (χ3n) is 1.67. The molecule has 0 aromatic carbocycles. The maximum atomic E-state index is 11.1. The summed E-state index contributed by atoms with van der Waals surface area (Å²) in [6.45, 7) is 2.65. The summed E-state index contributed by atoms with van der Waals surface area (Å²) in [5.74, 6) is -1.03. The van der Waals surface area contributed by atoms with E-state index in [1.54, 1.807) is 6.92 Å². The molecule has 82 valence electrons. The lowest BCUT2D eigenvalue weighted by Gasteiger charge is -2.06. The van der Waals surface area contributed by atoms with Crippen LogP contribution in [0.5, 0.6) is 0 Å². The molecule has 5 heteroatoms. The highest BCUT2D eigenvalue weighted by atomic mass is 35.5. The first kappa shape index (κ1) is 15.7. The molecule has 1 unspecified atom stereocenters. The second kappa shape index (κ2) is 10.3. The van der Waals surface area contributed by atoms with Gasteiger partial charge in [0.1, 0.15) is 5.92 Å². The average molecular weight is 221 g/mol. The van der Waals surface area contributed by atoms with E-state index >= 15 is 0 Å². The van der Waals surface area contributed by atoms with Gasteiger partial charge in [0.2, 0.25) is 0 Å². The van der Waals surface area contributed by atoms with Crippen molar-refractivity contribution < 1.29 is 9.53 Å². The van der Waals surface area contributed by atoms with Crippen LogP contribution in [0, 0.1) is 17.2 Å². The third kappa shape index (κ3) is 6.70. The van der Waals surface area contributed by atoms with E-state index in [1.165, 1.54) is 0 Å². The molecule has 0 amide bonds. The molecule has 14 heavy (non-hydrogen) atoms. The van der Waals surface area contributed by atoms with Crippen molar-refractivity contribution >= 4 is 18.4 Å². The predicted octanol–water partition coefficient (Wildman–Crippen LogP) is 1.24. The van der Waals surface area contributed by atoms with Crippen molar-refractivity contribution in [2.24, 2.45) is 11.7 Å². The molecule has 0 aliphatic heterocycles. The molecule has 0 heterocycles. The Morgan fingerprint density at radius 2 is 2.21 bits per heavy atom. The average Bonchev–Trinajstić information content (AvgIpc) is 2.13. The van der Waals surface area contributed by atoms with Gasteiger partial charge >= 0.3 is 5.97 Å². The van der Waals surface area contributed by atoms with E-state index in [4.69, 9.17) is 15.7 Å². The van der Waals surface area contributed by atoms with Gasteiger partial charge in [-0.3, -0.25) is 4.79 Å². The molecule has 1 atom stereocenters. The second-order valence-electron chi connectivity index (χ2n) is 2.72. The van der Waals surface area contributed by atoms with E-state index in [0.717, 1.165) is 12.8 Å². The van der Waals surface area contributed by atoms with E-state index < -0.39 is 11.9 Å². The number of nitrogens with two attached hydrogens (primary N) is 1. The number of nitriles is 1. The van der Waals surface area contributed by atoms with Crippen LogP contribution in [-0.4, -0.2) is 19.1 Å². The quantitative estimate of drug-likeness (QED) is 0.540. The highest BCUT2D eigenvalue weighted by molar-refractivity contribution is 5.85. The fourth-order valence-corrected chi connectivity index (χ4v) is 0.971. The van der Waals surface area contributed by atoms with Crippen molar-refractivity contribution in [2.45, 2.75) is 26.2 Å². The van der Waals surface area contributed by atoms with Crippen molar-refractivity contribution in [2.75, 3.05) is 13.2 Å². The Morgan fingerprint density at radius 3 is 2.64 bits per heavy atom. The summed E-state index contributed by atoms with van der Waals surface area (Å²) in [6.07, 6.45) is 2.19. The molecule has 4 nitrogen and oxygen atoms in total. The summed E-state index contributed by atoms with van der Waals surface area (Å²) < 4.78 is 4.73. The lowest BCUT2D eigenvalue weighted by molar-refractivity contribution is -0.146. The number of hydrogen-bond acceptors (Lipinski definition) is 4. The zero-order valence-corrected chi connectivity index (χ0v) is 9.18. The zero-order valence-electron chi connectivity index (χ0n) is 8.36. The predicted molar refractivity (Wildman–Crippen MR) is 55.9 cm³/mol. The molecule has 0 fully saturated rings. The summed E-state index contributed by atoms with van der Waals surface area (Å²) >= 11 is 0. The van der Waals surface area contributed by atoms with E-state index in [1.807, 2.05) is 6.07 Å². The fourth-order valence-electron chi connectivity index (χ4n) is 0.971. The third-order valence-corrected chi connectivity index (χ3v) is 1.67. The number of nitrogens with zero attached hydrogens (tertiary/aromatic N) is 1. The summed E-state index contributed by atoms with van der Waals surface area (Å²) in [5, 5.41) is 8.64. The summed E-state index contributed by atoms with van der Waals surface area (Å²) in [6, 6.07) is 1.93. The standard InChI is InChI=1S/C9H16N2O2.ClH/c1-2-13-9(12)8(7-11)5-3-4-6-10;/h8H,2-6,10H2,1H3;1H. The lowest BCUT2D eigenvalue weighted by Crippen LogP contribution is -2.16. The van der Waals surface area contributed by atoms with E-state index in [2.05, 4.69) is 0 Å². The highest BCUT2D eigenvalue weighted by Gasteiger charge is 2.17. The zero-order chi connectivity index (χ0) is 10.1. The minimum Gasteiger partial charge on any atom is -0.465 e. The lowest BCUT2D eigenvalue weighted by atomic mass is 10.0. The normalized spacial score (nSPS) is 10.9. The van der Waals surface area contributed by atoms with Gasteiger partial charge in [0.25, 0.3) is 0 Å². The summed E-state index contributed by atoms with van der Waals surface area (Å²) in [5.41, 5.74) is 5.29.